The van der Waals surface area contributed by atoms with Gasteiger partial charge < -0.3 is 24.8 Å². The van der Waals surface area contributed by atoms with Crippen LogP contribution < -0.4 is 15.7 Å². The summed E-state index contributed by atoms with van der Waals surface area (Å²) in [4.78, 5) is 44.2. The number of amides is 3. The summed E-state index contributed by atoms with van der Waals surface area (Å²) in [5, 5.41) is 12.5. The first-order valence-electron chi connectivity index (χ1n) is 11.7. The van der Waals surface area contributed by atoms with E-state index >= 15 is 0 Å². The van der Waals surface area contributed by atoms with E-state index in [2.05, 4.69) is 22.3 Å². The SMILES string of the molecule is O=C(NO)[C@H]1C[C@H](CC(=O)N2CCOCC2)CN[C@@H]1C(=O)N1CCN(c2ccccc2)CC1. The Hall–Kier alpha value is -2.69. The molecule has 3 N–H and O–H groups in total. The number of hydrogen-bond donors (Lipinski definition) is 3. The fourth-order valence-corrected chi connectivity index (χ4v) is 4.98. The van der Waals surface area contributed by atoms with Gasteiger partial charge in [-0.05, 0) is 31.0 Å². The lowest BCUT2D eigenvalue weighted by Gasteiger charge is -2.41. The molecule has 3 fully saturated rings. The van der Waals surface area contributed by atoms with E-state index in [1.165, 1.54) is 0 Å². The van der Waals surface area contributed by atoms with E-state index in [1.54, 1.807) is 15.3 Å². The molecule has 4 rings (SSSR count). The third kappa shape index (κ3) is 5.63. The normalized spacial score (nSPS) is 26.1. The number of carbonyl (C=O) groups is 3. The molecule has 33 heavy (non-hydrogen) atoms. The number of piperazine rings is 1. The van der Waals surface area contributed by atoms with Crippen LogP contribution in [0.3, 0.4) is 0 Å². The van der Waals surface area contributed by atoms with Gasteiger partial charge in [-0.25, -0.2) is 5.48 Å². The minimum absolute atomic E-state index is 0.0371. The third-order valence-corrected chi connectivity index (χ3v) is 6.87. The third-order valence-electron chi connectivity index (χ3n) is 6.87. The molecule has 3 aliphatic heterocycles. The molecule has 0 radical (unpaired) electrons. The van der Waals surface area contributed by atoms with Crippen LogP contribution in [-0.4, -0.2) is 97.8 Å². The average molecular weight is 460 g/mol. The molecule has 1 aromatic carbocycles. The van der Waals surface area contributed by atoms with Crippen LogP contribution in [0.15, 0.2) is 30.3 Å². The van der Waals surface area contributed by atoms with Crippen LogP contribution >= 0.6 is 0 Å². The van der Waals surface area contributed by atoms with Gasteiger partial charge in [0.2, 0.25) is 17.7 Å². The molecular formula is C23H33N5O5. The molecule has 3 heterocycles. The molecule has 10 nitrogen and oxygen atoms in total. The van der Waals surface area contributed by atoms with E-state index < -0.39 is 17.9 Å². The highest BCUT2D eigenvalue weighted by Crippen LogP contribution is 2.27. The van der Waals surface area contributed by atoms with E-state index in [-0.39, 0.29) is 17.7 Å². The molecule has 180 valence electrons. The van der Waals surface area contributed by atoms with Gasteiger partial charge in [-0.2, -0.15) is 0 Å². The molecule has 0 spiro atoms. The predicted octanol–water partition coefficient (Wildman–Crippen LogP) is -0.316. The lowest BCUT2D eigenvalue weighted by molar-refractivity contribution is -0.145. The lowest BCUT2D eigenvalue weighted by atomic mass is 9.81. The zero-order valence-corrected chi connectivity index (χ0v) is 18.8. The van der Waals surface area contributed by atoms with Crippen molar-refractivity contribution in [3.8, 4) is 0 Å². The Morgan fingerprint density at radius 2 is 1.70 bits per heavy atom. The number of hydroxylamine groups is 1. The number of hydrogen-bond acceptors (Lipinski definition) is 7. The van der Waals surface area contributed by atoms with Gasteiger partial charge in [0.1, 0.15) is 0 Å². The van der Waals surface area contributed by atoms with Gasteiger partial charge in [-0.1, -0.05) is 18.2 Å². The summed E-state index contributed by atoms with van der Waals surface area (Å²) in [6.45, 7) is 5.29. The number of piperidine rings is 1. The van der Waals surface area contributed by atoms with Crippen LogP contribution in [0.1, 0.15) is 12.8 Å². The van der Waals surface area contributed by atoms with Gasteiger partial charge in [-0.3, -0.25) is 19.6 Å². The first-order valence-corrected chi connectivity index (χ1v) is 11.7. The van der Waals surface area contributed by atoms with Gasteiger partial charge >= 0.3 is 0 Å². The second-order valence-corrected chi connectivity index (χ2v) is 8.92. The zero-order valence-electron chi connectivity index (χ0n) is 18.8. The number of nitrogens with one attached hydrogen (secondary N) is 2. The molecule has 0 unspecified atom stereocenters. The maximum absolute atomic E-state index is 13.3. The average Bonchev–Trinajstić information content (AvgIpc) is 2.89. The molecule has 3 atom stereocenters. The maximum atomic E-state index is 13.3. The van der Waals surface area contributed by atoms with Crippen molar-refractivity contribution < 1.29 is 24.3 Å². The largest absolute Gasteiger partial charge is 0.378 e. The van der Waals surface area contributed by atoms with Gasteiger partial charge in [0.05, 0.1) is 25.2 Å². The number of morpholine rings is 1. The summed E-state index contributed by atoms with van der Waals surface area (Å²) >= 11 is 0. The smallest absolute Gasteiger partial charge is 0.248 e. The van der Waals surface area contributed by atoms with Gasteiger partial charge in [-0.15, -0.1) is 0 Å². The fourth-order valence-electron chi connectivity index (χ4n) is 4.98. The van der Waals surface area contributed by atoms with E-state index in [4.69, 9.17) is 4.74 Å². The number of ether oxygens (including phenoxy) is 1. The van der Waals surface area contributed by atoms with Crippen LogP contribution in [0, 0.1) is 11.8 Å². The molecule has 3 aliphatic rings. The monoisotopic (exact) mass is 459 g/mol. The van der Waals surface area contributed by atoms with Crippen LogP contribution in [0.4, 0.5) is 5.69 Å². The number of benzene rings is 1. The van der Waals surface area contributed by atoms with E-state index in [0.29, 0.717) is 58.8 Å². The molecule has 10 heteroatoms. The summed E-state index contributed by atoms with van der Waals surface area (Å²) in [5.74, 6) is -1.50. The number of para-hydroxylation sites is 1. The van der Waals surface area contributed by atoms with Crippen LogP contribution in [0.25, 0.3) is 0 Å². The zero-order chi connectivity index (χ0) is 23.2. The quantitative estimate of drug-likeness (QED) is 0.409. The first-order chi connectivity index (χ1) is 16.1. The maximum Gasteiger partial charge on any atom is 0.248 e. The molecular weight excluding hydrogens is 426 g/mol. The standard InChI is InChI=1S/C23H33N5O5/c29-20(27-10-12-33-13-11-27)15-17-14-19(22(30)25-32)21(24-16-17)23(31)28-8-6-26(7-9-28)18-4-2-1-3-5-18/h1-5,17,19,21,24,32H,6-16H2,(H,25,30)/t17-,19+,21+/m1/s1. The van der Waals surface area contributed by atoms with Crippen molar-refractivity contribution in [2.45, 2.75) is 18.9 Å². The van der Waals surface area contributed by atoms with Crippen molar-refractivity contribution in [3.05, 3.63) is 30.3 Å². The minimum Gasteiger partial charge on any atom is -0.378 e. The van der Waals surface area contributed by atoms with Crippen molar-refractivity contribution in [2.75, 3.05) is 63.9 Å². The van der Waals surface area contributed by atoms with Crippen LogP contribution in [0.5, 0.6) is 0 Å². The van der Waals surface area contributed by atoms with Crippen LogP contribution in [-0.2, 0) is 19.1 Å². The number of nitrogens with zero attached hydrogens (tertiary/aromatic N) is 3. The Labute approximate surface area is 193 Å². The number of anilines is 1. The van der Waals surface area contributed by atoms with Crippen molar-refractivity contribution in [1.29, 1.82) is 0 Å². The predicted molar refractivity (Wildman–Crippen MR) is 121 cm³/mol. The summed E-state index contributed by atoms with van der Waals surface area (Å²) in [6, 6.07) is 9.37. The summed E-state index contributed by atoms with van der Waals surface area (Å²) in [7, 11) is 0. The fraction of sp³-hybridized carbons (Fsp3) is 0.609. The van der Waals surface area contributed by atoms with E-state index in [0.717, 1.165) is 18.8 Å². The Kier molecular flexibility index (Phi) is 7.79. The van der Waals surface area contributed by atoms with Crippen LogP contribution in [0.2, 0.25) is 0 Å². The summed E-state index contributed by atoms with van der Waals surface area (Å²) in [6.07, 6.45) is 0.675. The highest BCUT2D eigenvalue weighted by molar-refractivity contribution is 5.90. The molecule has 0 aromatic heterocycles. The molecule has 0 bridgehead atoms. The minimum atomic E-state index is -0.731. The highest BCUT2D eigenvalue weighted by atomic mass is 16.5. The number of rotatable bonds is 5. The van der Waals surface area contributed by atoms with Crippen molar-refractivity contribution in [3.63, 3.8) is 0 Å². The van der Waals surface area contributed by atoms with Gasteiger partial charge in [0, 0.05) is 51.4 Å². The van der Waals surface area contributed by atoms with Gasteiger partial charge in [0.25, 0.3) is 0 Å². The van der Waals surface area contributed by atoms with Gasteiger partial charge in [0.15, 0.2) is 0 Å². The molecule has 3 saturated heterocycles. The second-order valence-electron chi connectivity index (χ2n) is 8.92. The molecule has 0 aliphatic carbocycles. The number of carbonyl (C=O) groups excluding carboxylic acids is 3. The second kappa shape index (κ2) is 11.0. The van der Waals surface area contributed by atoms with E-state index in [1.807, 2.05) is 18.2 Å². The summed E-state index contributed by atoms with van der Waals surface area (Å²) in [5.41, 5.74) is 2.85. The lowest BCUT2D eigenvalue weighted by Crippen LogP contribution is -2.61. The Bertz CT molecular complexity index is 824. The molecule has 0 saturated carbocycles. The molecule has 3 amide bonds. The van der Waals surface area contributed by atoms with E-state index in [9.17, 15) is 19.6 Å². The Balaban J connectivity index is 1.34. The Morgan fingerprint density at radius 1 is 1.00 bits per heavy atom. The topological polar surface area (TPSA) is 114 Å². The Morgan fingerprint density at radius 3 is 2.36 bits per heavy atom. The highest BCUT2D eigenvalue weighted by Gasteiger charge is 2.42. The van der Waals surface area contributed by atoms with Crippen molar-refractivity contribution >= 4 is 23.4 Å². The first kappa shape index (κ1) is 23.5. The van der Waals surface area contributed by atoms with Crippen molar-refractivity contribution in [2.24, 2.45) is 11.8 Å². The van der Waals surface area contributed by atoms with Crippen molar-refractivity contribution in [1.82, 2.24) is 20.6 Å². The molecule has 1 aromatic rings. The summed E-state index contributed by atoms with van der Waals surface area (Å²) < 4.78 is 5.30.